The Labute approximate surface area is 116 Å². The fourth-order valence-corrected chi connectivity index (χ4v) is 1.64. The predicted octanol–water partition coefficient (Wildman–Crippen LogP) is 1.34. The van der Waals surface area contributed by atoms with Crippen LogP contribution in [0.3, 0.4) is 0 Å². The first-order valence-electron chi connectivity index (χ1n) is 6.36. The molecule has 0 aliphatic rings. The summed E-state index contributed by atoms with van der Waals surface area (Å²) >= 11 is 0. The fraction of sp³-hybridized carbons (Fsp3) is 0.214. The second-order valence-corrected chi connectivity index (χ2v) is 4.19. The van der Waals surface area contributed by atoms with Crippen LogP contribution in [-0.4, -0.2) is 28.3 Å². The van der Waals surface area contributed by atoms with E-state index in [4.69, 9.17) is 0 Å². The number of hydrogen-bond donors (Lipinski definition) is 3. The molecule has 6 nitrogen and oxygen atoms in total. The van der Waals surface area contributed by atoms with Gasteiger partial charge >= 0.3 is 0 Å². The number of benzene rings is 1. The van der Waals surface area contributed by atoms with Gasteiger partial charge in [-0.2, -0.15) is 0 Å². The lowest BCUT2D eigenvalue weighted by atomic mass is 10.3. The number of rotatable bonds is 5. The highest BCUT2D eigenvalue weighted by molar-refractivity contribution is 5.98. The van der Waals surface area contributed by atoms with Crippen LogP contribution >= 0.6 is 0 Å². The third-order valence-corrected chi connectivity index (χ3v) is 2.68. The Balaban J connectivity index is 1.82. The minimum atomic E-state index is -0.347. The summed E-state index contributed by atoms with van der Waals surface area (Å²) in [5.41, 5.74) is 1.05. The number of imidazole rings is 1. The maximum atomic E-state index is 11.8. The SMILES string of the molecule is CCc1ncc(C(=O)NCC(=O)Nc2ccccc2)[nH]1. The van der Waals surface area contributed by atoms with Crippen molar-refractivity contribution in [3.05, 3.63) is 48.0 Å². The molecule has 2 rings (SSSR count). The van der Waals surface area contributed by atoms with E-state index in [9.17, 15) is 9.59 Å². The van der Waals surface area contributed by atoms with Gasteiger partial charge in [-0.3, -0.25) is 9.59 Å². The monoisotopic (exact) mass is 272 g/mol. The fourth-order valence-electron chi connectivity index (χ4n) is 1.64. The molecule has 0 bridgehead atoms. The van der Waals surface area contributed by atoms with E-state index in [0.717, 1.165) is 12.2 Å². The highest BCUT2D eigenvalue weighted by atomic mass is 16.2. The summed E-state index contributed by atoms with van der Waals surface area (Å²) in [5, 5.41) is 5.22. The quantitative estimate of drug-likeness (QED) is 0.767. The Morgan fingerprint density at radius 2 is 2.00 bits per heavy atom. The zero-order chi connectivity index (χ0) is 14.4. The number of H-pyrrole nitrogens is 1. The van der Waals surface area contributed by atoms with Gasteiger partial charge in [-0.15, -0.1) is 0 Å². The van der Waals surface area contributed by atoms with E-state index in [0.29, 0.717) is 11.4 Å². The number of nitrogens with zero attached hydrogens (tertiary/aromatic N) is 1. The lowest BCUT2D eigenvalue weighted by Crippen LogP contribution is -2.33. The zero-order valence-corrected chi connectivity index (χ0v) is 11.1. The van der Waals surface area contributed by atoms with Gasteiger partial charge in [0.05, 0.1) is 12.7 Å². The second kappa shape index (κ2) is 6.51. The summed E-state index contributed by atoms with van der Waals surface area (Å²) in [6.45, 7) is 1.85. The molecule has 0 radical (unpaired) electrons. The van der Waals surface area contributed by atoms with Crippen molar-refractivity contribution in [3.8, 4) is 0 Å². The first kappa shape index (κ1) is 13.8. The van der Waals surface area contributed by atoms with Crippen molar-refractivity contribution >= 4 is 17.5 Å². The topological polar surface area (TPSA) is 86.9 Å². The van der Waals surface area contributed by atoms with E-state index in [-0.39, 0.29) is 18.4 Å². The van der Waals surface area contributed by atoms with Gasteiger partial charge in [0.1, 0.15) is 11.5 Å². The van der Waals surface area contributed by atoms with Gasteiger partial charge in [0.15, 0.2) is 0 Å². The third kappa shape index (κ3) is 3.68. The van der Waals surface area contributed by atoms with Crippen LogP contribution in [0.25, 0.3) is 0 Å². The number of para-hydroxylation sites is 1. The lowest BCUT2D eigenvalue weighted by molar-refractivity contribution is -0.115. The molecule has 0 spiro atoms. The van der Waals surface area contributed by atoms with Crippen LogP contribution in [0.1, 0.15) is 23.2 Å². The van der Waals surface area contributed by atoms with E-state index in [2.05, 4.69) is 20.6 Å². The summed E-state index contributed by atoms with van der Waals surface area (Å²) in [6, 6.07) is 9.07. The standard InChI is InChI=1S/C14H16N4O2/c1-2-12-15-8-11(18-12)14(20)16-9-13(19)17-10-6-4-3-5-7-10/h3-8H,2,9H2,1H3,(H,15,18)(H,16,20)(H,17,19). The molecule has 20 heavy (non-hydrogen) atoms. The molecule has 0 atom stereocenters. The molecular weight excluding hydrogens is 256 g/mol. The molecule has 2 aromatic rings. The van der Waals surface area contributed by atoms with E-state index in [1.807, 2.05) is 25.1 Å². The van der Waals surface area contributed by atoms with Crippen LogP contribution in [0.2, 0.25) is 0 Å². The number of hydrogen-bond acceptors (Lipinski definition) is 3. The van der Waals surface area contributed by atoms with Crippen molar-refractivity contribution in [3.63, 3.8) is 0 Å². The number of carbonyl (C=O) groups excluding carboxylic acids is 2. The Kier molecular flexibility index (Phi) is 4.49. The number of nitrogens with one attached hydrogen (secondary N) is 3. The molecule has 1 heterocycles. The number of anilines is 1. The molecule has 0 saturated carbocycles. The van der Waals surface area contributed by atoms with Crippen LogP contribution in [0, 0.1) is 0 Å². The molecule has 1 aromatic heterocycles. The molecule has 2 amide bonds. The molecule has 104 valence electrons. The van der Waals surface area contributed by atoms with Gasteiger partial charge in [-0.1, -0.05) is 25.1 Å². The molecule has 0 unspecified atom stereocenters. The van der Waals surface area contributed by atoms with E-state index in [1.54, 1.807) is 12.1 Å². The molecule has 3 N–H and O–H groups in total. The molecule has 1 aromatic carbocycles. The van der Waals surface area contributed by atoms with Gasteiger partial charge in [0, 0.05) is 12.1 Å². The molecular formula is C14H16N4O2. The summed E-state index contributed by atoms with van der Waals surface area (Å²) in [4.78, 5) is 30.3. The highest BCUT2D eigenvalue weighted by Gasteiger charge is 2.10. The van der Waals surface area contributed by atoms with Crippen LogP contribution < -0.4 is 10.6 Å². The number of aryl methyl sites for hydroxylation is 1. The van der Waals surface area contributed by atoms with Crippen LogP contribution in [0.15, 0.2) is 36.5 Å². The summed E-state index contributed by atoms with van der Waals surface area (Å²) < 4.78 is 0. The summed E-state index contributed by atoms with van der Waals surface area (Å²) in [6.07, 6.45) is 2.19. The van der Waals surface area contributed by atoms with E-state index >= 15 is 0 Å². The number of amides is 2. The average Bonchev–Trinajstić information content (AvgIpc) is 2.95. The normalized spacial score (nSPS) is 10.1. The zero-order valence-electron chi connectivity index (χ0n) is 11.1. The number of aromatic amines is 1. The third-order valence-electron chi connectivity index (χ3n) is 2.68. The van der Waals surface area contributed by atoms with Crippen molar-refractivity contribution in [2.45, 2.75) is 13.3 Å². The Morgan fingerprint density at radius 1 is 1.25 bits per heavy atom. The van der Waals surface area contributed by atoms with Crippen LogP contribution in [-0.2, 0) is 11.2 Å². The molecule has 6 heteroatoms. The summed E-state index contributed by atoms with van der Waals surface area (Å²) in [5.74, 6) is 0.115. The van der Waals surface area contributed by atoms with Crippen molar-refractivity contribution in [2.24, 2.45) is 0 Å². The minimum Gasteiger partial charge on any atom is -0.342 e. The van der Waals surface area contributed by atoms with Crippen LogP contribution in [0.4, 0.5) is 5.69 Å². The first-order chi connectivity index (χ1) is 9.69. The smallest absolute Gasteiger partial charge is 0.269 e. The minimum absolute atomic E-state index is 0.0891. The molecule has 0 saturated heterocycles. The van der Waals surface area contributed by atoms with Crippen molar-refractivity contribution in [2.75, 3.05) is 11.9 Å². The van der Waals surface area contributed by atoms with Crippen LogP contribution in [0.5, 0.6) is 0 Å². The molecule has 0 aliphatic heterocycles. The molecule has 0 aliphatic carbocycles. The van der Waals surface area contributed by atoms with Gasteiger partial charge in [0.2, 0.25) is 5.91 Å². The second-order valence-electron chi connectivity index (χ2n) is 4.19. The van der Waals surface area contributed by atoms with Gasteiger partial charge in [0.25, 0.3) is 5.91 Å². The van der Waals surface area contributed by atoms with Crippen molar-refractivity contribution in [1.82, 2.24) is 15.3 Å². The van der Waals surface area contributed by atoms with E-state index < -0.39 is 0 Å². The first-order valence-corrected chi connectivity index (χ1v) is 6.36. The van der Waals surface area contributed by atoms with E-state index in [1.165, 1.54) is 6.20 Å². The van der Waals surface area contributed by atoms with Gasteiger partial charge in [-0.05, 0) is 12.1 Å². The van der Waals surface area contributed by atoms with Gasteiger partial charge < -0.3 is 15.6 Å². The Bertz CT molecular complexity index is 592. The lowest BCUT2D eigenvalue weighted by Gasteiger charge is -2.05. The predicted molar refractivity (Wildman–Crippen MR) is 75.4 cm³/mol. The number of carbonyl (C=O) groups is 2. The van der Waals surface area contributed by atoms with Gasteiger partial charge in [-0.25, -0.2) is 4.98 Å². The number of aromatic nitrogens is 2. The maximum Gasteiger partial charge on any atom is 0.269 e. The average molecular weight is 272 g/mol. The molecule has 0 fully saturated rings. The highest BCUT2D eigenvalue weighted by Crippen LogP contribution is 2.04. The van der Waals surface area contributed by atoms with Crippen molar-refractivity contribution < 1.29 is 9.59 Å². The summed E-state index contributed by atoms with van der Waals surface area (Å²) in [7, 11) is 0. The maximum absolute atomic E-state index is 11.8. The van der Waals surface area contributed by atoms with Crippen molar-refractivity contribution in [1.29, 1.82) is 0 Å². The Hall–Kier alpha value is -2.63. The largest absolute Gasteiger partial charge is 0.342 e. The Morgan fingerprint density at radius 3 is 2.65 bits per heavy atom.